The van der Waals surface area contributed by atoms with E-state index in [1.54, 1.807) is 24.3 Å². The second kappa shape index (κ2) is 8.63. The zero-order valence-electron chi connectivity index (χ0n) is 14.5. The van der Waals surface area contributed by atoms with Gasteiger partial charge in [0, 0.05) is 5.69 Å². The van der Waals surface area contributed by atoms with Gasteiger partial charge in [-0.25, -0.2) is 5.43 Å². The number of anilines is 1. The molecule has 0 fully saturated rings. The monoisotopic (exact) mass is 339 g/mol. The molecule has 2 rings (SSSR count). The Labute approximate surface area is 146 Å². The number of rotatable bonds is 5. The van der Waals surface area contributed by atoms with Crippen LogP contribution in [0.5, 0.6) is 5.75 Å². The van der Waals surface area contributed by atoms with Crippen LogP contribution in [-0.2, 0) is 9.59 Å². The van der Waals surface area contributed by atoms with Crippen molar-refractivity contribution in [3.05, 3.63) is 59.2 Å². The third-order valence-electron chi connectivity index (χ3n) is 3.42. The molecule has 25 heavy (non-hydrogen) atoms. The predicted molar refractivity (Wildman–Crippen MR) is 97.9 cm³/mol. The van der Waals surface area contributed by atoms with Crippen molar-refractivity contribution in [1.82, 2.24) is 5.43 Å². The van der Waals surface area contributed by atoms with Gasteiger partial charge in [0.05, 0.1) is 12.8 Å². The van der Waals surface area contributed by atoms with E-state index >= 15 is 0 Å². The van der Waals surface area contributed by atoms with Crippen LogP contribution in [-0.4, -0.2) is 24.6 Å². The van der Waals surface area contributed by atoms with Gasteiger partial charge in [-0.3, -0.25) is 9.59 Å². The molecule has 2 aromatic carbocycles. The summed E-state index contributed by atoms with van der Waals surface area (Å²) in [6, 6.07) is 12.8. The van der Waals surface area contributed by atoms with Gasteiger partial charge in [-0.2, -0.15) is 5.10 Å². The molecule has 0 spiro atoms. The fourth-order valence-corrected chi connectivity index (χ4v) is 2.08. The second-order valence-electron chi connectivity index (χ2n) is 5.47. The molecule has 0 saturated heterocycles. The molecule has 0 unspecified atom stereocenters. The van der Waals surface area contributed by atoms with E-state index < -0.39 is 11.8 Å². The fourth-order valence-electron chi connectivity index (χ4n) is 2.08. The van der Waals surface area contributed by atoms with Crippen LogP contribution in [0.1, 0.15) is 23.6 Å². The summed E-state index contributed by atoms with van der Waals surface area (Å²) in [5.74, 6) is -0.836. The van der Waals surface area contributed by atoms with Crippen LogP contribution in [0.3, 0.4) is 0 Å². The molecule has 6 heteroatoms. The highest BCUT2D eigenvalue weighted by atomic mass is 16.5. The highest BCUT2D eigenvalue weighted by Crippen LogP contribution is 2.16. The first kappa shape index (κ1) is 18.2. The lowest BCUT2D eigenvalue weighted by molar-refractivity contribution is -0.136. The van der Waals surface area contributed by atoms with Crippen LogP contribution in [0, 0.1) is 13.8 Å². The SMILES string of the molecule is CCOc1ccc(C=NNC(=O)C(=O)Nc2cc(C)ccc2C)cc1. The second-order valence-corrected chi connectivity index (χ2v) is 5.47. The molecule has 0 atom stereocenters. The van der Waals surface area contributed by atoms with Crippen molar-refractivity contribution in [3.63, 3.8) is 0 Å². The normalized spacial score (nSPS) is 10.5. The number of amides is 2. The summed E-state index contributed by atoms with van der Waals surface area (Å²) >= 11 is 0. The highest BCUT2D eigenvalue weighted by molar-refractivity contribution is 6.39. The van der Waals surface area contributed by atoms with Crippen molar-refractivity contribution in [2.24, 2.45) is 5.10 Å². The fraction of sp³-hybridized carbons (Fsp3) is 0.211. The Kier molecular flexibility index (Phi) is 6.28. The molecule has 0 radical (unpaired) electrons. The zero-order valence-corrected chi connectivity index (χ0v) is 14.5. The molecule has 0 saturated carbocycles. The average Bonchev–Trinajstić information content (AvgIpc) is 2.59. The van der Waals surface area contributed by atoms with Gasteiger partial charge in [-0.1, -0.05) is 12.1 Å². The van der Waals surface area contributed by atoms with Gasteiger partial charge in [0.25, 0.3) is 0 Å². The first-order chi connectivity index (χ1) is 12.0. The Morgan fingerprint density at radius 1 is 1.08 bits per heavy atom. The summed E-state index contributed by atoms with van der Waals surface area (Å²) in [6.45, 7) is 6.28. The van der Waals surface area contributed by atoms with Gasteiger partial charge < -0.3 is 10.1 Å². The number of carbonyl (C=O) groups excluding carboxylic acids is 2. The number of benzene rings is 2. The van der Waals surface area contributed by atoms with E-state index in [0.29, 0.717) is 12.3 Å². The minimum atomic E-state index is -0.830. The topological polar surface area (TPSA) is 79.8 Å². The smallest absolute Gasteiger partial charge is 0.329 e. The van der Waals surface area contributed by atoms with E-state index in [1.165, 1.54) is 6.21 Å². The third-order valence-corrected chi connectivity index (χ3v) is 3.42. The predicted octanol–water partition coefficient (Wildman–Crippen LogP) is 2.79. The maximum Gasteiger partial charge on any atom is 0.329 e. The summed E-state index contributed by atoms with van der Waals surface area (Å²) in [4.78, 5) is 23.7. The maximum absolute atomic E-state index is 11.9. The molecular weight excluding hydrogens is 318 g/mol. The average molecular weight is 339 g/mol. The molecule has 0 aliphatic rings. The van der Waals surface area contributed by atoms with E-state index in [2.05, 4.69) is 15.8 Å². The Balaban J connectivity index is 1.90. The van der Waals surface area contributed by atoms with E-state index in [4.69, 9.17) is 4.74 Å². The summed E-state index contributed by atoms with van der Waals surface area (Å²) in [7, 11) is 0. The van der Waals surface area contributed by atoms with Gasteiger partial charge in [-0.05, 0) is 67.8 Å². The van der Waals surface area contributed by atoms with Crippen LogP contribution < -0.4 is 15.5 Å². The Morgan fingerprint density at radius 3 is 2.48 bits per heavy atom. The quantitative estimate of drug-likeness (QED) is 0.499. The van der Waals surface area contributed by atoms with Gasteiger partial charge in [-0.15, -0.1) is 0 Å². The van der Waals surface area contributed by atoms with Crippen molar-refractivity contribution in [3.8, 4) is 5.75 Å². The lowest BCUT2D eigenvalue weighted by Crippen LogP contribution is -2.32. The number of ether oxygens (including phenoxy) is 1. The van der Waals surface area contributed by atoms with Crippen molar-refractivity contribution < 1.29 is 14.3 Å². The molecule has 0 aliphatic heterocycles. The minimum absolute atomic E-state index is 0.596. The number of nitrogens with one attached hydrogen (secondary N) is 2. The summed E-state index contributed by atoms with van der Waals surface area (Å²) in [5.41, 5.74) is 5.47. The number of hydrogen-bond acceptors (Lipinski definition) is 4. The lowest BCUT2D eigenvalue weighted by atomic mass is 10.1. The maximum atomic E-state index is 11.9. The molecule has 0 bridgehead atoms. The lowest BCUT2D eigenvalue weighted by Gasteiger charge is -2.08. The molecule has 130 valence electrons. The van der Waals surface area contributed by atoms with E-state index in [-0.39, 0.29) is 0 Å². The Morgan fingerprint density at radius 2 is 1.80 bits per heavy atom. The van der Waals surface area contributed by atoms with Crippen molar-refractivity contribution in [2.75, 3.05) is 11.9 Å². The van der Waals surface area contributed by atoms with Gasteiger partial charge >= 0.3 is 11.8 Å². The van der Waals surface area contributed by atoms with Gasteiger partial charge in [0.15, 0.2) is 0 Å². The number of carbonyl (C=O) groups is 2. The Hall–Kier alpha value is -3.15. The summed E-state index contributed by atoms with van der Waals surface area (Å²) in [5, 5.41) is 6.37. The van der Waals surface area contributed by atoms with E-state index in [0.717, 1.165) is 22.4 Å². The van der Waals surface area contributed by atoms with E-state index in [9.17, 15) is 9.59 Å². The molecular formula is C19H21N3O3. The van der Waals surface area contributed by atoms with E-state index in [1.807, 2.05) is 39.0 Å². The van der Waals surface area contributed by atoms with Crippen LogP contribution in [0.4, 0.5) is 5.69 Å². The minimum Gasteiger partial charge on any atom is -0.494 e. The van der Waals surface area contributed by atoms with Crippen LogP contribution in [0.2, 0.25) is 0 Å². The number of nitrogens with zero attached hydrogens (tertiary/aromatic N) is 1. The first-order valence-electron chi connectivity index (χ1n) is 7.94. The molecule has 0 aliphatic carbocycles. The molecule has 0 aromatic heterocycles. The van der Waals surface area contributed by atoms with Gasteiger partial charge in [0.2, 0.25) is 0 Å². The van der Waals surface area contributed by atoms with Crippen molar-refractivity contribution in [2.45, 2.75) is 20.8 Å². The van der Waals surface area contributed by atoms with Crippen molar-refractivity contribution >= 4 is 23.7 Å². The van der Waals surface area contributed by atoms with Crippen LogP contribution in [0.25, 0.3) is 0 Å². The Bertz CT molecular complexity index is 783. The highest BCUT2D eigenvalue weighted by Gasteiger charge is 2.13. The summed E-state index contributed by atoms with van der Waals surface area (Å²) < 4.78 is 5.34. The number of hydrogen-bond donors (Lipinski definition) is 2. The molecule has 2 aromatic rings. The van der Waals surface area contributed by atoms with Crippen molar-refractivity contribution in [1.29, 1.82) is 0 Å². The van der Waals surface area contributed by atoms with Crippen LogP contribution in [0.15, 0.2) is 47.6 Å². The number of aryl methyl sites for hydroxylation is 2. The first-order valence-corrected chi connectivity index (χ1v) is 7.94. The molecule has 0 heterocycles. The largest absolute Gasteiger partial charge is 0.494 e. The summed E-state index contributed by atoms with van der Waals surface area (Å²) in [6.07, 6.45) is 1.46. The molecule has 2 amide bonds. The van der Waals surface area contributed by atoms with Gasteiger partial charge in [0.1, 0.15) is 5.75 Å². The van der Waals surface area contributed by atoms with Crippen LogP contribution >= 0.6 is 0 Å². The number of hydrazone groups is 1. The third kappa shape index (κ3) is 5.46. The standard InChI is InChI=1S/C19H21N3O3/c1-4-25-16-9-7-15(8-10-16)12-20-22-19(24)18(23)21-17-11-13(2)5-6-14(17)3/h5-12H,4H2,1-3H3,(H,21,23)(H,22,24). The molecule has 2 N–H and O–H groups in total. The zero-order chi connectivity index (χ0) is 18.2. The molecule has 6 nitrogen and oxygen atoms in total.